The molecule has 8 heteroatoms. The maximum atomic E-state index is 13.2. The molecule has 1 aromatic heterocycles. The summed E-state index contributed by atoms with van der Waals surface area (Å²) >= 11 is 0. The summed E-state index contributed by atoms with van der Waals surface area (Å²) in [6, 6.07) is 4.05. The predicted molar refractivity (Wildman–Crippen MR) is 64.2 cm³/mol. The third-order valence-electron chi connectivity index (χ3n) is 2.58. The monoisotopic (exact) mass is 285 g/mol. The molecule has 1 amide bonds. The number of hydrogen-bond acceptors (Lipinski definition) is 4. The van der Waals surface area contributed by atoms with Gasteiger partial charge in [-0.05, 0) is 12.1 Å². The Morgan fingerprint density at radius 1 is 1.40 bits per heavy atom. The number of hydrogen-bond donors (Lipinski definition) is 2. The van der Waals surface area contributed by atoms with Crippen molar-refractivity contribution in [1.82, 2.24) is 0 Å². The van der Waals surface area contributed by atoms with E-state index in [0.29, 0.717) is 0 Å². The number of esters is 1. The third-order valence-corrected chi connectivity index (χ3v) is 2.58. The molecule has 20 heavy (non-hydrogen) atoms. The van der Waals surface area contributed by atoms with Gasteiger partial charge in [-0.3, -0.25) is 5.32 Å². The number of furan rings is 1. The van der Waals surface area contributed by atoms with Crippen LogP contribution in [0.3, 0.4) is 0 Å². The van der Waals surface area contributed by atoms with Crippen LogP contribution in [-0.2, 0) is 4.74 Å². The Kier molecular flexibility index (Phi) is 3.55. The van der Waals surface area contributed by atoms with Crippen molar-refractivity contribution in [2.75, 3.05) is 12.4 Å². The molecule has 0 radical (unpaired) electrons. The quantitative estimate of drug-likeness (QED) is 0.845. The first-order chi connectivity index (χ1) is 9.45. The van der Waals surface area contributed by atoms with Gasteiger partial charge in [0.05, 0.1) is 23.7 Å². The van der Waals surface area contributed by atoms with Crippen LogP contribution >= 0.6 is 0 Å². The van der Waals surface area contributed by atoms with Crippen LogP contribution in [-0.4, -0.2) is 24.3 Å². The Hall–Kier alpha value is -2.64. The van der Waals surface area contributed by atoms with Crippen LogP contribution in [0, 0.1) is 0 Å². The van der Waals surface area contributed by atoms with Crippen molar-refractivity contribution in [2.24, 2.45) is 0 Å². The van der Waals surface area contributed by atoms with Crippen molar-refractivity contribution in [2.45, 2.75) is 6.43 Å². The predicted octanol–water partition coefficient (Wildman–Crippen LogP) is 3.25. The summed E-state index contributed by atoms with van der Waals surface area (Å²) in [7, 11) is 1.03. The fourth-order valence-electron chi connectivity index (χ4n) is 1.84. The molecule has 0 fully saturated rings. The largest absolute Gasteiger partial charge is 0.465 e. The molecule has 0 bridgehead atoms. The highest BCUT2D eigenvalue weighted by Gasteiger charge is 2.29. The molecule has 0 aliphatic heterocycles. The van der Waals surface area contributed by atoms with Gasteiger partial charge in [0, 0.05) is 0 Å². The van der Waals surface area contributed by atoms with Crippen molar-refractivity contribution in [3.8, 4) is 0 Å². The molecule has 1 heterocycles. The normalized spacial score (nSPS) is 10.8. The van der Waals surface area contributed by atoms with E-state index in [1.165, 1.54) is 18.2 Å². The highest BCUT2D eigenvalue weighted by molar-refractivity contribution is 6.04. The minimum atomic E-state index is -3.03. The van der Waals surface area contributed by atoms with Gasteiger partial charge >= 0.3 is 12.1 Å². The number of alkyl halides is 2. The zero-order valence-electron chi connectivity index (χ0n) is 10.1. The van der Waals surface area contributed by atoms with E-state index in [1.54, 1.807) is 0 Å². The first kappa shape index (κ1) is 13.8. The number of fused-ring (bicyclic) bond motifs is 1. The van der Waals surface area contributed by atoms with Crippen LogP contribution in [0.5, 0.6) is 0 Å². The van der Waals surface area contributed by atoms with E-state index in [2.05, 4.69) is 4.74 Å². The minimum Gasteiger partial charge on any atom is -0.465 e. The number of ether oxygens (including phenoxy) is 1. The molecular weight excluding hydrogens is 276 g/mol. The number of anilines is 1. The lowest BCUT2D eigenvalue weighted by Crippen LogP contribution is -2.08. The number of carboxylic acid groups (broad SMARTS) is 1. The Morgan fingerprint density at radius 2 is 2.10 bits per heavy atom. The smallest absolute Gasteiger partial charge is 0.409 e. The van der Waals surface area contributed by atoms with E-state index >= 15 is 0 Å². The van der Waals surface area contributed by atoms with Crippen LogP contribution in [0.2, 0.25) is 0 Å². The van der Waals surface area contributed by atoms with Crippen molar-refractivity contribution < 1.29 is 32.6 Å². The van der Waals surface area contributed by atoms with Crippen LogP contribution in [0.1, 0.15) is 22.5 Å². The van der Waals surface area contributed by atoms with Gasteiger partial charge in [0.2, 0.25) is 5.76 Å². The summed E-state index contributed by atoms with van der Waals surface area (Å²) in [5.74, 6) is -1.70. The number of carbonyl (C=O) groups excluding carboxylic acids is 1. The van der Waals surface area contributed by atoms with Crippen LogP contribution in [0.15, 0.2) is 22.6 Å². The minimum absolute atomic E-state index is 0.0352. The van der Waals surface area contributed by atoms with Crippen LogP contribution < -0.4 is 5.32 Å². The second-order valence-corrected chi connectivity index (χ2v) is 3.75. The van der Waals surface area contributed by atoms with E-state index in [4.69, 9.17) is 9.52 Å². The fraction of sp³-hybridized carbons (Fsp3) is 0.167. The molecule has 0 saturated carbocycles. The molecule has 2 rings (SSSR count). The van der Waals surface area contributed by atoms with Gasteiger partial charge in [-0.25, -0.2) is 18.4 Å². The number of methoxy groups -OCH3 is 1. The molecule has 2 aromatic rings. The summed E-state index contributed by atoms with van der Waals surface area (Å²) in [4.78, 5) is 22.1. The molecule has 0 aliphatic carbocycles. The molecule has 1 aromatic carbocycles. The van der Waals surface area contributed by atoms with E-state index in [0.717, 1.165) is 7.11 Å². The van der Waals surface area contributed by atoms with Crippen LogP contribution in [0.25, 0.3) is 11.0 Å². The number of carbonyl (C=O) groups is 2. The van der Waals surface area contributed by atoms with Crippen molar-refractivity contribution >= 4 is 28.7 Å². The summed E-state index contributed by atoms with van der Waals surface area (Å²) in [5.41, 5.74) is -0.827. The molecule has 0 atom stereocenters. The van der Waals surface area contributed by atoms with Gasteiger partial charge in [-0.2, -0.15) is 0 Å². The van der Waals surface area contributed by atoms with Gasteiger partial charge in [-0.1, -0.05) is 6.07 Å². The van der Waals surface area contributed by atoms with Gasteiger partial charge in [0.25, 0.3) is 6.43 Å². The fourth-order valence-corrected chi connectivity index (χ4v) is 1.84. The Bertz CT molecular complexity index is 680. The standard InChI is InChI=1S/C12H9F2NO5/c1-19-11(16)9-8(10(13)14)7-5(15-12(17)18)3-2-4-6(7)20-9/h2-4,10,15H,1H3,(H,17,18). The lowest BCUT2D eigenvalue weighted by molar-refractivity contribution is 0.0553. The topological polar surface area (TPSA) is 88.8 Å². The SMILES string of the molecule is COC(=O)c1oc2cccc(NC(=O)O)c2c1C(F)F. The highest BCUT2D eigenvalue weighted by Crippen LogP contribution is 2.38. The number of halogens is 2. The summed E-state index contributed by atoms with van der Waals surface area (Å²) < 4.78 is 35.7. The zero-order chi connectivity index (χ0) is 14.9. The van der Waals surface area contributed by atoms with Gasteiger partial charge in [0.15, 0.2) is 0 Å². The Morgan fingerprint density at radius 3 is 2.65 bits per heavy atom. The van der Waals surface area contributed by atoms with Crippen molar-refractivity contribution in [3.05, 3.63) is 29.5 Å². The third kappa shape index (κ3) is 2.27. The highest BCUT2D eigenvalue weighted by atomic mass is 19.3. The summed E-state index contributed by atoms with van der Waals surface area (Å²) in [5, 5.41) is 10.5. The Labute approximate surface area is 110 Å². The average Bonchev–Trinajstić information content (AvgIpc) is 2.77. The number of rotatable bonds is 3. The van der Waals surface area contributed by atoms with Gasteiger partial charge < -0.3 is 14.3 Å². The van der Waals surface area contributed by atoms with Gasteiger partial charge in [0.1, 0.15) is 5.58 Å². The first-order valence-corrected chi connectivity index (χ1v) is 5.37. The maximum absolute atomic E-state index is 13.2. The number of benzene rings is 1. The second-order valence-electron chi connectivity index (χ2n) is 3.75. The van der Waals surface area contributed by atoms with E-state index in [-0.39, 0.29) is 16.7 Å². The maximum Gasteiger partial charge on any atom is 0.409 e. The molecule has 2 N–H and O–H groups in total. The zero-order valence-corrected chi connectivity index (χ0v) is 10.1. The van der Waals surface area contributed by atoms with Crippen molar-refractivity contribution in [1.29, 1.82) is 0 Å². The average molecular weight is 285 g/mol. The molecule has 0 unspecified atom stereocenters. The first-order valence-electron chi connectivity index (χ1n) is 5.37. The van der Waals surface area contributed by atoms with Gasteiger partial charge in [-0.15, -0.1) is 0 Å². The molecular formula is C12H9F2NO5. The Balaban J connectivity index is 2.76. The van der Waals surface area contributed by atoms with Crippen LogP contribution in [0.4, 0.5) is 19.3 Å². The van der Waals surface area contributed by atoms with E-state index in [9.17, 15) is 18.4 Å². The molecule has 106 valence electrons. The number of amides is 1. The molecule has 0 saturated heterocycles. The lowest BCUT2D eigenvalue weighted by Gasteiger charge is -2.04. The summed E-state index contributed by atoms with van der Waals surface area (Å²) in [6.07, 6.45) is -4.44. The summed E-state index contributed by atoms with van der Waals surface area (Å²) in [6.45, 7) is 0. The molecule has 0 spiro atoms. The van der Waals surface area contributed by atoms with E-state index in [1.807, 2.05) is 5.32 Å². The second kappa shape index (κ2) is 5.16. The molecule has 0 aliphatic rings. The van der Waals surface area contributed by atoms with Crippen molar-refractivity contribution in [3.63, 3.8) is 0 Å². The molecule has 6 nitrogen and oxygen atoms in total. The van der Waals surface area contributed by atoms with E-state index < -0.39 is 29.8 Å². The lowest BCUT2D eigenvalue weighted by atomic mass is 10.1. The number of nitrogens with one attached hydrogen (secondary N) is 1.